The Hall–Kier alpha value is -2.38. The molecule has 0 heterocycles. The molecule has 1 amide bonds. The molecule has 2 atom stereocenters. The number of hydrogen-bond acceptors (Lipinski definition) is 4. The summed E-state index contributed by atoms with van der Waals surface area (Å²) >= 11 is 0. The van der Waals surface area contributed by atoms with Crippen molar-refractivity contribution in [3.8, 4) is 0 Å². The van der Waals surface area contributed by atoms with Crippen molar-refractivity contribution in [1.29, 1.82) is 0 Å². The number of hydrogen-bond donors (Lipinski definition) is 2. The third kappa shape index (κ3) is 4.31. The zero-order valence-corrected chi connectivity index (χ0v) is 16.0. The summed E-state index contributed by atoms with van der Waals surface area (Å²) in [5.74, 6) is -0.263. The first kappa shape index (κ1) is 19.4. The van der Waals surface area contributed by atoms with Crippen LogP contribution in [-0.2, 0) is 10.0 Å². The standard InChI is InChI=1S/C20H24N2O4S/c1-22(27(25,26)17-7-3-2-4-8-17)16-13-11-15(12-14-16)20(24)21-18-9-5-6-10-19(18)23/h2-4,7-8,11-14,18-19,23H,5-6,9-10H2,1H3,(H,21,24). The van der Waals surface area contributed by atoms with Crippen molar-refractivity contribution in [2.75, 3.05) is 11.4 Å². The SMILES string of the molecule is CN(c1ccc(C(=O)NC2CCCCC2O)cc1)S(=O)(=O)c1ccccc1. The lowest BCUT2D eigenvalue weighted by molar-refractivity contribution is 0.0717. The molecule has 1 aliphatic rings. The molecule has 1 aliphatic carbocycles. The maximum absolute atomic E-state index is 12.7. The first-order chi connectivity index (χ1) is 12.9. The van der Waals surface area contributed by atoms with E-state index < -0.39 is 16.1 Å². The third-order valence-electron chi connectivity index (χ3n) is 4.94. The number of carbonyl (C=O) groups is 1. The third-order valence-corrected chi connectivity index (χ3v) is 6.74. The van der Waals surface area contributed by atoms with E-state index >= 15 is 0 Å². The van der Waals surface area contributed by atoms with Gasteiger partial charge in [0.25, 0.3) is 15.9 Å². The fraction of sp³-hybridized carbons (Fsp3) is 0.350. The molecular formula is C20H24N2O4S. The molecule has 2 aromatic carbocycles. The first-order valence-corrected chi connectivity index (χ1v) is 10.5. The van der Waals surface area contributed by atoms with Crippen LogP contribution in [0.2, 0.25) is 0 Å². The molecule has 2 N–H and O–H groups in total. The summed E-state index contributed by atoms with van der Waals surface area (Å²) in [5, 5.41) is 12.9. The van der Waals surface area contributed by atoms with Gasteiger partial charge >= 0.3 is 0 Å². The van der Waals surface area contributed by atoms with Crippen LogP contribution in [0.1, 0.15) is 36.0 Å². The minimum atomic E-state index is -3.66. The highest BCUT2D eigenvalue weighted by Crippen LogP contribution is 2.23. The predicted molar refractivity (Wildman–Crippen MR) is 104 cm³/mol. The second-order valence-corrected chi connectivity index (χ2v) is 8.73. The number of sulfonamides is 1. The van der Waals surface area contributed by atoms with Crippen molar-refractivity contribution >= 4 is 21.6 Å². The van der Waals surface area contributed by atoms with Crippen molar-refractivity contribution in [2.24, 2.45) is 0 Å². The number of nitrogens with one attached hydrogen (secondary N) is 1. The fourth-order valence-electron chi connectivity index (χ4n) is 3.24. The maximum atomic E-state index is 12.7. The Morgan fingerprint density at radius 2 is 1.67 bits per heavy atom. The van der Waals surface area contributed by atoms with Gasteiger partial charge in [0.2, 0.25) is 0 Å². The molecule has 0 aliphatic heterocycles. The molecule has 1 saturated carbocycles. The molecule has 0 spiro atoms. The number of rotatable bonds is 5. The fourth-order valence-corrected chi connectivity index (χ4v) is 4.46. The van der Waals surface area contributed by atoms with Crippen LogP contribution in [0.15, 0.2) is 59.5 Å². The van der Waals surface area contributed by atoms with E-state index in [4.69, 9.17) is 0 Å². The number of aliphatic hydroxyl groups excluding tert-OH is 1. The second-order valence-electron chi connectivity index (χ2n) is 6.76. The van der Waals surface area contributed by atoms with Gasteiger partial charge in [0.05, 0.1) is 22.7 Å². The number of nitrogens with zero attached hydrogens (tertiary/aromatic N) is 1. The van der Waals surface area contributed by atoms with E-state index in [9.17, 15) is 18.3 Å². The summed E-state index contributed by atoms with van der Waals surface area (Å²) < 4.78 is 26.5. The summed E-state index contributed by atoms with van der Waals surface area (Å²) in [4.78, 5) is 12.6. The maximum Gasteiger partial charge on any atom is 0.264 e. The average Bonchev–Trinajstić information content (AvgIpc) is 2.70. The number of carbonyl (C=O) groups excluding carboxylic acids is 1. The van der Waals surface area contributed by atoms with Gasteiger partial charge in [0.1, 0.15) is 0 Å². The topological polar surface area (TPSA) is 86.7 Å². The Kier molecular flexibility index (Phi) is 5.82. The van der Waals surface area contributed by atoms with Crippen LogP contribution in [-0.4, -0.2) is 38.6 Å². The molecule has 3 rings (SSSR count). The first-order valence-electron chi connectivity index (χ1n) is 9.02. The molecule has 0 bridgehead atoms. The van der Waals surface area contributed by atoms with Crippen LogP contribution in [0.25, 0.3) is 0 Å². The number of anilines is 1. The van der Waals surface area contributed by atoms with E-state index in [1.165, 1.54) is 11.4 Å². The zero-order chi connectivity index (χ0) is 19.4. The van der Waals surface area contributed by atoms with E-state index in [-0.39, 0.29) is 16.8 Å². The average molecular weight is 388 g/mol. The molecule has 7 heteroatoms. The largest absolute Gasteiger partial charge is 0.391 e. The summed E-state index contributed by atoms with van der Waals surface area (Å²) in [6.45, 7) is 0. The quantitative estimate of drug-likeness (QED) is 0.824. The van der Waals surface area contributed by atoms with Crippen LogP contribution in [0.4, 0.5) is 5.69 Å². The van der Waals surface area contributed by atoms with Gasteiger partial charge in [-0.15, -0.1) is 0 Å². The summed E-state index contributed by atoms with van der Waals surface area (Å²) in [6, 6.07) is 14.4. The van der Waals surface area contributed by atoms with E-state index in [0.717, 1.165) is 19.3 Å². The molecule has 0 radical (unpaired) electrons. The van der Waals surface area contributed by atoms with Crippen LogP contribution < -0.4 is 9.62 Å². The predicted octanol–water partition coefficient (Wildman–Crippen LogP) is 2.55. The van der Waals surface area contributed by atoms with Crippen LogP contribution in [0.3, 0.4) is 0 Å². The second kappa shape index (κ2) is 8.10. The van der Waals surface area contributed by atoms with Crippen molar-refractivity contribution in [3.05, 3.63) is 60.2 Å². The van der Waals surface area contributed by atoms with Crippen LogP contribution in [0.5, 0.6) is 0 Å². The highest BCUT2D eigenvalue weighted by atomic mass is 32.2. The van der Waals surface area contributed by atoms with E-state index in [0.29, 0.717) is 17.7 Å². The Labute approximate surface area is 159 Å². The molecule has 144 valence electrons. The van der Waals surface area contributed by atoms with Gasteiger partial charge in [-0.05, 0) is 49.2 Å². The minimum absolute atomic E-state index is 0.209. The van der Waals surface area contributed by atoms with Crippen LogP contribution in [0, 0.1) is 0 Å². The van der Waals surface area contributed by atoms with Gasteiger partial charge < -0.3 is 10.4 Å². The molecule has 2 aromatic rings. The van der Waals surface area contributed by atoms with Gasteiger partial charge in [-0.25, -0.2) is 8.42 Å². The van der Waals surface area contributed by atoms with Gasteiger partial charge in [0.15, 0.2) is 0 Å². The Morgan fingerprint density at radius 3 is 2.30 bits per heavy atom. The smallest absolute Gasteiger partial charge is 0.264 e. The highest BCUT2D eigenvalue weighted by Gasteiger charge is 2.25. The van der Waals surface area contributed by atoms with Crippen molar-refractivity contribution in [2.45, 2.75) is 42.7 Å². The monoisotopic (exact) mass is 388 g/mol. The van der Waals surface area contributed by atoms with E-state index in [1.807, 2.05) is 0 Å². The van der Waals surface area contributed by atoms with Crippen molar-refractivity contribution in [1.82, 2.24) is 5.32 Å². The summed E-state index contributed by atoms with van der Waals surface area (Å²) in [5.41, 5.74) is 0.898. The lowest BCUT2D eigenvalue weighted by Crippen LogP contribution is -2.45. The molecule has 6 nitrogen and oxygen atoms in total. The highest BCUT2D eigenvalue weighted by molar-refractivity contribution is 7.92. The van der Waals surface area contributed by atoms with Crippen LogP contribution >= 0.6 is 0 Å². The van der Waals surface area contributed by atoms with E-state index in [2.05, 4.69) is 5.32 Å². The van der Waals surface area contributed by atoms with Gasteiger partial charge in [-0.1, -0.05) is 31.0 Å². The molecule has 0 aromatic heterocycles. The Balaban J connectivity index is 1.72. The Morgan fingerprint density at radius 1 is 1.04 bits per heavy atom. The molecule has 27 heavy (non-hydrogen) atoms. The normalized spacial score (nSPS) is 20.1. The zero-order valence-electron chi connectivity index (χ0n) is 15.2. The lowest BCUT2D eigenvalue weighted by atomic mass is 9.92. The van der Waals surface area contributed by atoms with Crippen molar-refractivity contribution < 1.29 is 18.3 Å². The number of benzene rings is 2. The van der Waals surface area contributed by atoms with Crippen molar-refractivity contribution in [3.63, 3.8) is 0 Å². The van der Waals surface area contributed by atoms with Gasteiger partial charge in [0, 0.05) is 12.6 Å². The minimum Gasteiger partial charge on any atom is -0.391 e. The summed E-state index contributed by atoms with van der Waals surface area (Å²) in [6.07, 6.45) is 2.92. The number of aliphatic hydroxyl groups is 1. The molecule has 1 fully saturated rings. The Bertz CT molecular complexity index is 882. The molecule has 2 unspecified atom stereocenters. The van der Waals surface area contributed by atoms with Gasteiger partial charge in [-0.2, -0.15) is 0 Å². The summed E-state index contributed by atoms with van der Waals surface area (Å²) in [7, 11) is -2.17. The molecule has 0 saturated heterocycles. The van der Waals surface area contributed by atoms with Gasteiger partial charge in [-0.3, -0.25) is 9.10 Å². The lowest BCUT2D eigenvalue weighted by Gasteiger charge is -2.28. The van der Waals surface area contributed by atoms with E-state index in [1.54, 1.807) is 54.6 Å². The number of amides is 1. The molecular weight excluding hydrogens is 364 g/mol.